The van der Waals surface area contributed by atoms with E-state index < -0.39 is 0 Å². The summed E-state index contributed by atoms with van der Waals surface area (Å²) in [6.07, 6.45) is 0. The summed E-state index contributed by atoms with van der Waals surface area (Å²) in [4.78, 5) is 16.8. The summed E-state index contributed by atoms with van der Waals surface area (Å²) in [7, 11) is 2.08. The number of piperazine rings is 1. The molecule has 1 fully saturated rings. The van der Waals surface area contributed by atoms with Crippen molar-refractivity contribution in [1.29, 1.82) is 0 Å². The minimum absolute atomic E-state index is 0.0369. The summed E-state index contributed by atoms with van der Waals surface area (Å²) >= 11 is 5.28. The molecule has 1 aromatic carbocycles. The van der Waals surface area contributed by atoms with Crippen LogP contribution in [0.25, 0.3) is 0 Å². The molecule has 4 heteroatoms. The van der Waals surface area contributed by atoms with Crippen LogP contribution in [0.3, 0.4) is 0 Å². The Bertz CT molecular complexity index is 411. The molecule has 2 rings (SSSR count). The van der Waals surface area contributed by atoms with E-state index >= 15 is 0 Å². The van der Waals surface area contributed by atoms with Crippen molar-refractivity contribution in [2.75, 3.05) is 33.2 Å². The number of ketones is 1. The van der Waals surface area contributed by atoms with Crippen LogP contribution in [-0.2, 0) is 0 Å². The third kappa shape index (κ3) is 2.90. The summed E-state index contributed by atoms with van der Waals surface area (Å²) in [5.41, 5.74) is 0.677. The summed E-state index contributed by atoms with van der Waals surface area (Å²) < 4.78 is 0. The maximum atomic E-state index is 12.1. The average molecular weight is 248 g/mol. The molecule has 0 unspecified atom stereocenters. The van der Waals surface area contributed by atoms with E-state index in [9.17, 15) is 4.79 Å². The predicted molar refractivity (Wildman–Crippen MR) is 72.4 cm³/mol. The van der Waals surface area contributed by atoms with E-state index in [1.807, 2.05) is 35.2 Å². The Morgan fingerprint density at radius 3 is 2.29 bits per heavy atom. The van der Waals surface area contributed by atoms with Gasteiger partial charge in [0.15, 0.2) is 4.99 Å². The van der Waals surface area contributed by atoms with Crippen LogP contribution < -0.4 is 0 Å². The van der Waals surface area contributed by atoms with Crippen molar-refractivity contribution >= 4 is 23.0 Å². The van der Waals surface area contributed by atoms with Crippen molar-refractivity contribution in [1.82, 2.24) is 9.80 Å². The molecule has 3 nitrogen and oxygen atoms in total. The summed E-state index contributed by atoms with van der Waals surface area (Å²) in [6, 6.07) is 9.24. The summed E-state index contributed by atoms with van der Waals surface area (Å²) in [5.74, 6) is -0.0369. The first-order chi connectivity index (χ1) is 8.18. The Hall–Kier alpha value is -1.26. The fourth-order valence-corrected chi connectivity index (χ4v) is 2.17. The molecule has 1 saturated heterocycles. The highest BCUT2D eigenvalue weighted by molar-refractivity contribution is 7.82. The number of likely N-dealkylation sites (N-methyl/N-ethyl adjacent to an activating group) is 1. The van der Waals surface area contributed by atoms with Crippen LogP contribution in [-0.4, -0.2) is 53.8 Å². The van der Waals surface area contributed by atoms with Crippen LogP contribution in [0.2, 0.25) is 0 Å². The molecule has 1 aromatic rings. The number of carbonyl (C=O) groups excluding carboxylic acids is 1. The monoisotopic (exact) mass is 248 g/mol. The number of thiocarbonyl (C=S) groups is 1. The van der Waals surface area contributed by atoms with Gasteiger partial charge in [-0.3, -0.25) is 4.79 Å². The van der Waals surface area contributed by atoms with Gasteiger partial charge in [0.25, 0.3) is 0 Å². The van der Waals surface area contributed by atoms with E-state index in [4.69, 9.17) is 12.2 Å². The number of rotatable bonds is 2. The molecular formula is C13H16N2OS. The van der Waals surface area contributed by atoms with E-state index in [0.717, 1.165) is 26.2 Å². The van der Waals surface area contributed by atoms with E-state index in [2.05, 4.69) is 11.9 Å². The fraction of sp³-hybridized carbons (Fsp3) is 0.385. The van der Waals surface area contributed by atoms with Gasteiger partial charge in [-0.15, -0.1) is 0 Å². The zero-order chi connectivity index (χ0) is 12.3. The number of nitrogens with zero attached hydrogens (tertiary/aromatic N) is 2. The van der Waals surface area contributed by atoms with Gasteiger partial charge in [0.05, 0.1) is 0 Å². The zero-order valence-electron chi connectivity index (χ0n) is 9.93. The molecule has 90 valence electrons. The van der Waals surface area contributed by atoms with E-state index in [0.29, 0.717) is 10.6 Å². The summed E-state index contributed by atoms with van der Waals surface area (Å²) in [5, 5.41) is 0. The second-order valence-corrected chi connectivity index (χ2v) is 4.68. The molecule has 0 bridgehead atoms. The number of benzene rings is 1. The Morgan fingerprint density at radius 1 is 1.12 bits per heavy atom. The van der Waals surface area contributed by atoms with Crippen molar-refractivity contribution < 1.29 is 4.79 Å². The molecule has 0 N–H and O–H groups in total. The van der Waals surface area contributed by atoms with Gasteiger partial charge in [-0.05, 0) is 7.05 Å². The molecule has 1 aliphatic rings. The lowest BCUT2D eigenvalue weighted by Gasteiger charge is -2.33. The Morgan fingerprint density at radius 2 is 1.71 bits per heavy atom. The molecular weight excluding hydrogens is 232 g/mol. The number of hydrogen-bond acceptors (Lipinski definition) is 3. The topological polar surface area (TPSA) is 23.6 Å². The first-order valence-corrected chi connectivity index (χ1v) is 6.16. The molecule has 0 amide bonds. The SMILES string of the molecule is CN1CCN(C(=S)C(=O)c2ccccc2)CC1. The molecule has 1 heterocycles. The Labute approximate surface area is 107 Å². The number of carbonyl (C=O) groups is 1. The van der Waals surface area contributed by atoms with Gasteiger partial charge in [-0.2, -0.15) is 0 Å². The second-order valence-electron chi connectivity index (χ2n) is 4.29. The third-order valence-corrected chi connectivity index (χ3v) is 3.46. The first kappa shape index (κ1) is 12.2. The minimum atomic E-state index is -0.0369. The van der Waals surface area contributed by atoms with Crippen molar-refractivity contribution in [2.24, 2.45) is 0 Å². The minimum Gasteiger partial charge on any atom is -0.357 e. The highest BCUT2D eigenvalue weighted by Gasteiger charge is 2.21. The second kappa shape index (κ2) is 5.38. The van der Waals surface area contributed by atoms with E-state index in [1.54, 1.807) is 0 Å². The Balaban J connectivity index is 2.03. The van der Waals surface area contributed by atoms with Gasteiger partial charge >= 0.3 is 0 Å². The van der Waals surface area contributed by atoms with Crippen molar-refractivity contribution in [3.8, 4) is 0 Å². The fourth-order valence-electron chi connectivity index (χ4n) is 1.87. The van der Waals surface area contributed by atoms with E-state index in [-0.39, 0.29) is 5.78 Å². The van der Waals surface area contributed by atoms with Crippen LogP contribution in [0.5, 0.6) is 0 Å². The van der Waals surface area contributed by atoms with Gasteiger partial charge in [0.1, 0.15) is 0 Å². The smallest absolute Gasteiger partial charge is 0.220 e. The molecule has 17 heavy (non-hydrogen) atoms. The van der Waals surface area contributed by atoms with Crippen LogP contribution in [0.4, 0.5) is 0 Å². The van der Waals surface area contributed by atoms with Gasteiger partial charge in [-0.1, -0.05) is 42.5 Å². The zero-order valence-corrected chi connectivity index (χ0v) is 10.7. The maximum absolute atomic E-state index is 12.1. The molecule has 1 aliphatic heterocycles. The first-order valence-electron chi connectivity index (χ1n) is 5.75. The summed E-state index contributed by atoms with van der Waals surface area (Å²) in [6.45, 7) is 3.60. The van der Waals surface area contributed by atoms with Crippen molar-refractivity contribution in [3.05, 3.63) is 35.9 Å². The molecule has 0 saturated carbocycles. The highest BCUT2D eigenvalue weighted by atomic mass is 32.1. The lowest BCUT2D eigenvalue weighted by molar-refractivity contribution is 0.104. The predicted octanol–water partition coefficient (Wildman–Crippen LogP) is 1.44. The van der Waals surface area contributed by atoms with Crippen LogP contribution in [0, 0.1) is 0 Å². The van der Waals surface area contributed by atoms with Gasteiger partial charge < -0.3 is 9.80 Å². The molecule has 0 aliphatic carbocycles. The normalized spacial score (nSPS) is 16.9. The van der Waals surface area contributed by atoms with Gasteiger partial charge in [-0.25, -0.2) is 0 Å². The maximum Gasteiger partial charge on any atom is 0.220 e. The van der Waals surface area contributed by atoms with Gasteiger partial charge in [0, 0.05) is 31.7 Å². The van der Waals surface area contributed by atoms with Crippen LogP contribution in [0.15, 0.2) is 30.3 Å². The van der Waals surface area contributed by atoms with Crippen molar-refractivity contribution in [2.45, 2.75) is 0 Å². The Kier molecular flexibility index (Phi) is 3.86. The highest BCUT2D eigenvalue weighted by Crippen LogP contribution is 2.07. The lowest BCUT2D eigenvalue weighted by atomic mass is 10.1. The van der Waals surface area contributed by atoms with Crippen molar-refractivity contribution in [3.63, 3.8) is 0 Å². The molecule has 0 aromatic heterocycles. The van der Waals surface area contributed by atoms with Crippen LogP contribution in [0.1, 0.15) is 10.4 Å². The average Bonchev–Trinajstić information content (AvgIpc) is 2.39. The molecule has 0 atom stereocenters. The largest absolute Gasteiger partial charge is 0.357 e. The standard InChI is InChI=1S/C13H16N2OS/c1-14-7-9-15(10-8-14)13(17)12(16)11-5-3-2-4-6-11/h2-6H,7-10H2,1H3. The molecule has 0 radical (unpaired) electrons. The van der Waals surface area contributed by atoms with Gasteiger partial charge in [0.2, 0.25) is 5.78 Å². The van der Waals surface area contributed by atoms with Crippen LogP contribution >= 0.6 is 12.2 Å². The quantitative estimate of drug-likeness (QED) is 0.584. The van der Waals surface area contributed by atoms with E-state index in [1.165, 1.54) is 0 Å². The lowest BCUT2D eigenvalue weighted by Crippen LogP contribution is -2.48. The number of hydrogen-bond donors (Lipinski definition) is 0. The third-order valence-electron chi connectivity index (χ3n) is 3.02. The molecule has 0 spiro atoms. The number of Topliss-reactive ketones (excluding diaryl/α,β-unsaturated/α-hetero) is 1.